The zero-order chi connectivity index (χ0) is 20.7. The molecule has 0 bridgehead atoms. The van der Waals surface area contributed by atoms with Gasteiger partial charge in [0, 0.05) is 0 Å². The zero-order valence-corrected chi connectivity index (χ0v) is 10.9. The van der Waals surface area contributed by atoms with E-state index in [0.29, 0.717) is 0 Å². The summed E-state index contributed by atoms with van der Waals surface area (Å²) in [6.07, 6.45) is -27.5. The van der Waals surface area contributed by atoms with Gasteiger partial charge in [-0.05, 0) is 0 Å². The lowest BCUT2D eigenvalue weighted by Crippen LogP contribution is -2.64. The summed E-state index contributed by atoms with van der Waals surface area (Å²) in [6.45, 7) is 1.64. The molecule has 0 radical (unpaired) electrons. The van der Waals surface area contributed by atoms with Crippen molar-refractivity contribution in [1.29, 1.82) is 5.26 Å². The van der Waals surface area contributed by atoms with Crippen molar-refractivity contribution in [2.75, 3.05) is 0 Å². The third-order valence-corrected chi connectivity index (χ3v) is 2.10. The molecule has 0 saturated heterocycles. The van der Waals surface area contributed by atoms with Crippen molar-refractivity contribution in [3.8, 4) is 6.07 Å². The fourth-order valence-corrected chi connectivity index (χ4v) is 0.901. The monoisotopic (exact) mass is 403 g/mol. The summed E-state index contributed by atoms with van der Waals surface area (Å²) < 4.78 is 167. The van der Waals surface area contributed by atoms with E-state index < -0.39 is 48.2 Å². The first-order valence-corrected chi connectivity index (χ1v) is 5.10. The highest BCUT2D eigenvalue weighted by Crippen LogP contribution is 2.53. The fourth-order valence-electron chi connectivity index (χ4n) is 0.901. The predicted octanol–water partition coefficient (Wildman–Crippen LogP) is 4.67. The lowest BCUT2D eigenvalue weighted by atomic mass is 10.2. The van der Waals surface area contributed by atoms with Crippen LogP contribution in [-0.2, 0) is 9.47 Å². The molecule has 0 aromatic rings. The van der Waals surface area contributed by atoms with Crippen LogP contribution in [0.5, 0.6) is 0 Å². The number of ether oxygens (including phenoxy) is 2. The van der Waals surface area contributed by atoms with Crippen molar-refractivity contribution in [2.45, 2.75) is 36.3 Å². The van der Waals surface area contributed by atoms with Crippen LogP contribution in [-0.4, -0.2) is 36.3 Å². The molecule has 0 aliphatic heterocycles. The Labute approximate surface area is 128 Å². The third kappa shape index (κ3) is 4.26. The molecule has 0 rings (SSSR count). The molecule has 0 fully saturated rings. The zero-order valence-electron chi connectivity index (χ0n) is 10.9. The van der Waals surface area contributed by atoms with Crippen molar-refractivity contribution < 1.29 is 66.5 Å². The smallest absolute Gasteiger partial charge is 0.262 e. The first kappa shape index (κ1) is 23.2. The van der Waals surface area contributed by atoms with Gasteiger partial charge in [0.25, 0.3) is 0 Å². The Bertz CT molecular complexity index is 561. The van der Waals surface area contributed by atoms with Gasteiger partial charge < -0.3 is 0 Å². The van der Waals surface area contributed by atoms with Crippen molar-refractivity contribution in [1.82, 2.24) is 0 Å². The average Bonchev–Trinajstić information content (AvgIpc) is 2.34. The van der Waals surface area contributed by atoms with E-state index in [1.54, 1.807) is 6.58 Å². The normalized spacial score (nSPS) is 18.9. The second kappa shape index (κ2) is 6.20. The molecule has 16 heteroatoms. The minimum atomic E-state index is -7.32. The van der Waals surface area contributed by atoms with Gasteiger partial charge >= 0.3 is 36.3 Å². The van der Waals surface area contributed by atoms with E-state index in [0.717, 1.165) is 0 Å². The quantitative estimate of drug-likeness (QED) is 0.606. The lowest BCUT2D eigenvalue weighted by molar-refractivity contribution is -0.521. The van der Waals surface area contributed by atoms with Crippen LogP contribution in [0.15, 0.2) is 12.4 Å². The van der Waals surface area contributed by atoms with Crippen LogP contribution in [0.1, 0.15) is 0 Å². The number of hydrogen-bond acceptors (Lipinski definition) is 3. The van der Waals surface area contributed by atoms with Crippen LogP contribution < -0.4 is 0 Å². The number of halogens is 13. The lowest BCUT2D eigenvalue weighted by Gasteiger charge is -2.37. The Morgan fingerprint density at radius 3 is 1.40 bits per heavy atom. The van der Waals surface area contributed by atoms with Gasteiger partial charge in [-0.3, -0.25) is 9.47 Å². The maximum Gasteiger partial charge on any atom is 0.463 e. The van der Waals surface area contributed by atoms with Gasteiger partial charge in [0.15, 0.2) is 5.83 Å². The number of rotatable bonds is 6. The number of nitriles is 1. The number of alkyl halides is 12. The second-order valence-corrected chi connectivity index (χ2v) is 3.94. The molecule has 0 aromatic heterocycles. The molecule has 0 saturated carbocycles. The first-order chi connectivity index (χ1) is 10.7. The Balaban J connectivity index is 6.23. The van der Waals surface area contributed by atoms with Gasteiger partial charge in [-0.1, -0.05) is 6.58 Å². The molecular weight excluding hydrogens is 401 g/mol. The van der Waals surface area contributed by atoms with E-state index in [9.17, 15) is 57.1 Å². The topological polar surface area (TPSA) is 42.2 Å². The second-order valence-electron chi connectivity index (χ2n) is 3.94. The number of nitrogens with zero attached hydrogens (tertiary/aromatic N) is 1. The summed E-state index contributed by atoms with van der Waals surface area (Å²) in [5.74, 6) is -16.8. The highest BCUT2D eigenvalue weighted by molar-refractivity contribution is 5.03. The van der Waals surface area contributed by atoms with E-state index in [1.165, 1.54) is 0 Å². The SMILES string of the molecule is C=C(F)C(F)(F)OC(F)(C(F)(F)F)C(F)(F)OC(F)(C#N)C(F)(F)F. The molecule has 2 unspecified atom stereocenters. The van der Waals surface area contributed by atoms with Crippen LogP contribution in [0.3, 0.4) is 0 Å². The minimum absolute atomic E-state index is 0.679. The van der Waals surface area contributed by atoms with Gasteiger partial charge in [0.1, 0.15) is 6.07 Å². The van der Waals surface area contributed by atoms with Crippen molar-refractivity contribution in [3.63, 3.8) is 0 Å². The van der Waals surface area contributed by atoms with E-state index >= 15 is 0 Å². The molecule has 0 aliphatic carbocycles. The summed E-state index contributed by atoms with van der Waals surface area (Å²) in [4.78, 5) is 0. The molecule has 25 heavy (non-hydrogen) atoms. The van der Waals surface area contributed by atoms with Crippen LogP contribution in [0.4, 0.5) is 57.1 Å². The molecule has 0 amide bonds. The molecule has 0 aliphatic rings. The highest BCUT2D eigenvalue weighted by Gasteiger charge is 2.80. The Hall–Kier alpha value is -1.76. The van der Waals surface area contributed by atoms with Crippen molar-refractivity contribution in [2.24, 2.45) is 0 Å². The molecule has 3 nitrogen and oxygen atoms in total. The minimum Gasteiger partial charge on any atom is -0.262 e. The van der Waals surface area contributed by atoms with Crippen LogP contribution in [0.2, 0.25) is 0 Å². The van der Waals surface area contributed by atoms with Gasteiger partial charge in [-0.15, -0.1) is 0 Å². The van der Waals surface area contributed by atoms with Crippen molar-refractivity contribution >= 4 is 0 Å². The largest absolute Gasteiger partial charge is 0.463 e. The molecular formula is C9H2F13NO2. The maximum absolute atomic E-state index is 13.4. The standard InChI is InChI=1S/C9H2F13NO2/c1-3(10)5(12,13)25-6(14,8(18,19)20)9(21,22)24-4(11,2-23)7(15,16)17/h1H2. The molecule has 0 N–H and O–H groups in total. The van der Waals surface area contributed by atoms with Crippen LogP contribution in [0.25, 0.3) is 0 Å². The molecule has 0 aromatic carbocycles. The van der Waals surface area contributed by atoms with E-state index in [1.807, 2.05) is 9.47 Å². The summed E-state index contributed by atoms with van der Waals surface area (Å²) in [5, 5.41) is 7.80. The Morgan fingerprint density at radius 1 is 0.760 bits per heavy atom. The van der Waals surface area contributed by atoms with Crippen LogP contribution >= 0.6 is 0 Å². The van der Waals surface area contributed by atoms with E-state index in [2.05, 4.69) is 0 Å². The highest BCUT2D eigenvalue weighted by atomic mass is 19.4. The third-order valence-electron chi connectivity index (χ3n) is 2.10. The Kier molecular flexibility index (Phi) is 5.76. The number of hydrogen-bond donors (Lipinski definition) is 0. The summed E-state index contributed by atoms with van der Waals surface area (Å²) >= 11 is 0. The molecule has 0 spiro atoms. The summed E-state index contributed by atoms with van der Waals surface area (Å²) in [7, 11) is 0. The van der Waals surface area contributed by atoms with Gasteiger partial charge in [-0.2, -0.15) is 57.9 Å². The summed E-state index contributed by atoms with van der Waals surface area (Å²) in [5.41, 5.74) is 0. The van der Waals surface area contributed by atoms with Crippen LogP contribution in [0, 0.1) is 11.3 Å². The van der Waals surface area contributed by atoms with Gasteiger partial charge in [-0.25, -0.2) is 4.39 Å². The fraction of sp³-hybridized carbons (Fsp3) is 0.667. The molecule has 146 valence electrons. The molecule has 0 heterocycles. The van der Waals surface area contributed by atoms with Crippen molar-refractivity contribution in [3.05, 3.63) is 12.4 Å². The Morgan fingerprint density at radius 2 is 1.16 bits per heavy atom. The average molecular weight is 403 g/mol. The van der Waals surface area contributed by atoms with E-state index in [-0.39, 0.29) is 0 Å². The van der Waals surface area contributed by atoms with Gasteiger partial charge in [0.2, 0.25) is 0 Å². The van der Waals surface area contributed by atoms with Gasteiger partial charge in [0.05, 0.1) is 0 Å². The van der Waals surface area contributed by atoms with E-state index in [4.69, 9.17) is 5.26 Å². The predicted molar refractivity (Wildman–Crippen MR) is 47.7 cm³/mol. The maximum atomic E-state index is 13.4. The first-order valence-electron chi connectivity index (χ1n) is 5.10. The molecule has 2 atom stereocenters. The summed E-state index contributed by atoms with van der Waals surface area (Å²) in [6, 6.07) is -0.679.